The van der Waals surface area contributed by atoms with Crippen molar-refractivity contribution in [3.63, 3.8) is 0 Å². The molecule has 0 aliphatic heterocycles. The molecule has 0 aliphatic rings. The number of nitrogens with zero attached hydrogens (tertiary/aromatic N) is 2. The van der Waals surface area contributed by atoms with Crippen molar-refractivity contribution in [2.45, 2.75) is 20.3 Å². The molecular formula is C13H12Cl2N2. The Morgan fingerprint density at radius 3 is 2.18 bits per heavy atom. The molecule has 0 saturated carbocycles. The Hall–Kier alpha value is -1.12. The van der Waals surface area contributed by atoms with Gasteiger partial charge in [-0.3, -0.25) is 0 Å². The Morgan fingerprint density at radius 1 is 0.941 bits per heavy atom. The molecule has 2 nitrogen and oxygen atoms in total. The fraction of sp³-hybridized carbons (Fsp3) is 0.231. The summed E-state index contributed by atoms with van der Waals surface area (Å²) in [5.41, 5.74) is 3.70. The quantitative estimate of drug-likeness (QED) is 0.769. The largest absolute Gasteiger partial charge is 0.221 e. The first-order valence-corrected chi connectivity index (χ1v) is 6.05. The molecule has 0 unspecified atom stereocenters. The number of aryl methyl sites for hydroxylation is 2. The molecule has 0 fully saturated rings. The summed E-state index contributed by atoms with van der Waals surface area (Å²) < 4.78 is 0. The van der Waals surface area contributed by atoms with Gasteiger partial charge in [-0.1, -0.05) is 41.4 Å². The van der Waals surface area contributed by atoms with E-state index in [1.54, 1.807) is 0 Å². The van der Waals surface area contributed by atoms with E-state index in [9.17, 15) is 0 Å². The Kier molecular flexibility index (Phi) is 3.65. The second-order valence-electron chi connectivity index (χ2n) is 4.03. The first-order valence-electron chi connectivity index (χ1n) is 5.29. The summed E-state index contributed by atoms with van der Waals surface area (Å²) in [5, 5.41) is 0.757. The van der Waals surface area contributed by atoms with Crippen LogP contribution in [-0.4, -0.2) is 9.97 Å². The molecule has 17 heavy (non-hydrogen) atoms. The Morgan fingerprint density at radius 2 is 1.59 bits per heavy atom. The van der Waals surface area contributed by atoms with Gasteiger partial charge in [-0.05, 0) is 30.5 Å². The van der Waals surface area contributed by atoms with Crippen molar-refractivity contribution >= 4 is 23.2 Å². The third-order valence-electron chi connectivity index (χ3n) is 2.64. The van der Waals surface area contributed by atoms with E-state index in [1.165, 1.54) is 17.2 Å². The number of rotatable bonds is 2. The van der Waals surface area contributed by atoms with Gasteiger partial charge in [-0.2, -0.15) is 0 Å². The summed E-state index contributed by atoms with van der Waals surface area (Å²) in [4.78, 5) is 8.30. The van der Waals surface area contributed by atoms with Crippen LogP contribution in [0.4, 0.5) is 0 Å². The Bertz CT molecular complexity index is 533. The van der Waals surface area contributed by atoms with Crippen LogP contribution in [-0.2, 0) is 6.42 Å². The second kappa shape index (κ2) is 5.03. The van der Waals surface area contributed by atoms with Crippen molar-refractivity contribution in [2.75, 3.05) is 0 Å². The van der Waals surface area contributed by atoms with Gasteiger partial charge in [0.1, 0.15) is 16.1 Å². The number of hydrogen-bond donors (Lipinski definition) is 0. The molecular weight excluding hydrogens is 255 g/mol. The van der Waals surface area contributed by atoms with E-state index in [2.05, 4.69) is 42.0 Å². The highest BCUT2D eigenvalue weighted by molar-refractivity contribution is 6.33. The van der Waals surface area contributed by atoms with Gasteiger partial charge in [-0.25, -0.2) is 9.97 Å². The molecule has 1 aromatic heterocycles. The molecule has 0 amide bonds. The number of aromatic nitrogens is 2. The van der Waals surface area contributed by atoms with E-state index >= 15 is 0 Å². The maximum Gasteiger partial charge on any atom is 0.136 e. The highest BCUT2D eigenvalue weighted by atomic mass is 35.5. The zero-order chi connectivity index (χ0) is 12.4. The minimum atomic E-state index is 0.379. The van der Waals surface area contributed by atoms with E-state index in [4.69, 9.17) is 23.2 Å². The minimum Gasteiger partial charge on any atom is -0.221 e. The van der Waals surface area contributed by atoms with Crippen molar-refractivity contribution < 1.29 is 0 Å². The standard InChI is InChI=1S/C13H12Cl2N2/c1-8-3-4-10(5-9(8)2)6-13-16-11(14)7-12(15)17-13/h3-5,7H,6H2,1-2H3. The molecule has 88 valence electrons. The highest BCUT2D eigenvalue weighted by Gasteiger charge is 2.04. The predicted octanol–water partition coefficient (Wildman–Crippen LogP) is 3.99. The summed E-state index contributed by atoms with van der Waals surface area (Å²) in [6, 6.07) is 7.83. The van der Waals surface area contributed by atoms with Gasteiger partial charge in [0.15, 0.2) is 0 Å². The Balaban J connectivity index is 2.28. The van der Waals surface area contributed by atoms with Crippen LogP contribution in [0.15, 0.2) is 24.3 Å². The third kappa shape index (κ3) is 3.18. The average Bonchev–Trinajstić information content (AvgIpc) is 2.22. The number of benzene rings is 1. The van der Waals surface area contributed by atoms with E-state index in [1.807, 2.05) is 0 Å². The van der Waals surface area contributed by atoms with Crippen molar-refractivity contribution in [2.24, 2.45) is 0 Å². The lowest BCUT2D eigenvalue weighted by atomic mass is 10.0. The lowest BCUT2D eigenvalue weighted by molar-refractivity contribution is 0.966. The molecule has 0 radical (unpaired) electrons. The van der Waals surface area contributed by atoms with Gasteiger partial charge in [-0.15, -0.1) is 0 Å². The zero-order valence-electron chi connectivity index (χ0n) is 9.67. The Labute approximate surface area is 111 Å². The molecule has 0 aliphatic carbocycles. The molecule has 0 saturated heterocycles. The minimum absolute atomic E-state index is 0.379. The molecule has 0 spiro atoms. The van der Waals surface area contributed by atoms with Gasteiger partial charge in [0.25, 0.3) is 0 Å². The van der Waals surface area contributed by atoms with Gasteiger partial charge in [0.05, 0.1) is 0 Å². The smallest absolute Gasteiger partial charge is 0.136 e. The van der Waals surface area contributed by atoms with Crippen LogP contribution in [0.5, 0.6) is 0 Å². The number of halogens is 2. The van der Waals surface area contributed by atoms with Crippen molar-refractivity contribution in [1.82, 2.24) is 9.97 Å². The van der Waals surface area contributed by atoms with Crippen molar-refractivity contribution in [1.29, 1.82) is 0 Å². The lowest BCUT2D eigenvalue weighted by Gasteiger charge is -2.05. The van der Waals surface area contributed by atoms with Crippen molar-refractivity contribution in [3.8, 4) is 0 Å². The van der Waals surface area contributed by atoms with E-state index < -0.39 is 0 Å². The van der Waals surface area contributed by atoms with Crippen LogP contribution in [0, 0.1) is 13.8 Å². The van der Waals surface area contributed by atoms with Crippen LogP contribution < -0.4 is 0 Å². The van der Waals surface area contributed by atoms with E-state index in [-0.39, 0.29) is 0 Å². The highest BCUT2D eigenvalue weighted by Crippen LogP contribution is 2.16. The number of hydrogen-bond acceptors (Lipinski definition) is 2. The molecule has 0 N–H and O–H groups in total. The first-order chi connectivity index (χ1) is 8.04. The first kappa shape index (κ1) is 12.3. The monoisotopic (exact) mass is 266 g/mol. The normalized spacial score (nSPS) is 10.6. The third-order valence-corrected chi connectivity index (χ3v) is 3.03. The SMILES string of the molecule is Cc1ccc(Cc2nc(Cl)cc(Cl)n2)cc1C. The van der Waals surface area contributed by atoms with Crippen molar-refractivity contribution in [3.05, 3.63) is 57.1 Å². The fourth-order valence-corrected chi connectivity index (χ4v) is 2.07. The summed E-state index contributed by atoms with van der Waals surface area (Å²) in [6.07, 6.45) is 0.640. The summed E-state index contributed by atoms with van der Waals surface area (Å²) in [6.45, 7) is 4.18. The maximum atomic E-state index is 5.84. The summed E-state index contributed by atoms with van der Waals surface area (Å²) in [7, 11) is 0. The fourth-order valence-electron chi connectivity index (χ4n) is 1.61. The topological polar surface area (TPSA) is 25.8 Å². The van der Waals surface area contributed by atoms with Gasteiger partial charge in [0.2, 0.25) is 0 Å². The molecule has 4 heteroatoms. The van der Waals surface area contributed by atoms with Crippen LogP contribution in [0.25, 0.3) is 0 Å². The van der Waals surface area contributed by atoms with Crippen LogP contribution in [0.1, 0.15) is 22.5 Å². The summed E-state index contributed by atoms with van der Waals surface area (Å²) in [5.74, 6) is 0.644. The molecule has 2 rings (SSSR count). The van der Waals surface area contributed by atoms with E-state index in [0.717, 1.165) is 5.56 Å². The maximum absolute atomic E-state index is 5.84. The molecule has 0 bridgehead atoms. The molecule has 2 aromatic rings. The van der Waals surface area contributed by atoms with Crippen LogP contribution in [0.3, 0.4) is 0 Å². The van der Waals surface area contributed by atoms with Gasteiger partial charge in [0, 0.05) is 12.5 Å². The average molecular weight is 267 g/mol. The molecule has 1 heterocycles. The molecule has 1 aromatic carbocycles. The van der Waals surface area contributed by atoms with Gasteiger partial charge >= 0.3 is 0 Å². The van der Waals surface area contributed by atoms with E-state index in [0.29, 0.717) is 22.6 Å². The van der Waals surface area contributed by atoms with Crippen LogP contribution in [0.2, 0.25) is 10.3 Å². The van der Waals surface area contributed by atoms with Gasteiger partial charge < -0.3 is 0 Å². The van der Waals surface area contributed by atoms with Crippen LogP contribution >= 0.6 is 23.2 Å². The second-order valence-corrected chi connectivity index (χ2v) is 4.80. The predicted molar refractivity (Wildman–Crippen MR) is 70.8 cm³/mol. The molecule has 0 atom stereocenters. The lowest BCUT2D eigenvalue weighted by Crippen LogP contribution is -1.98. The summed E-state index contributed by atoms with van der Waals surface area (Å²) >= 11 is 11.7. The zero-order valence-corrected chi connectivity index (χ0v) is 11.2.